The zero-order valence-electron chi connectivity index (χ0n) is 14.2. The summed E-state index contributed by atoms with van der Waals surface area (Å²) in [5.41, 5.74) is 1.18. The molecule has 0 aromatic heterocycles. The van der Waals surface area contributed by atoms with E-state index in [0.717, 1.165) is 30.9 Å². The molecule has 1 aromatic rings. The fourth-order valence-corrected chi connectivity index (χ4v) is 2.85. The van der Waals surface area contributed by atoms with Crippen LogP contribution in [0.25, 0.3) is 0 Å². The average molecular weight is 308 g/mol. The molecule has 0 saturated carbocycles. The molecular weight excluding hydrogens is 280 g/mol. The van der Waals surface area contributed by atoms with Crippen LogP contribution in [0.5, 0.6) is 17.2 Å². The molecule has 0 bridgehead atoms. The van der Waals surface area contributed by atoms with Crippen LogP contribution in [-0.2, 0) is 6.42 Å². The summed E-state index contributed by atoms with van der Waals surface area (Å²) < 4.78 is 16.2. The molecule has 1 saturated heterocycles. The van der Waals surface area contributed by atoms with Crippen LogP contribution >= 0.6 is 0 Å². The molecule has 5 nitrogen and oxygen atoms in total. The SMILES string of the molecule is COc1cc(OC)c(OC)cc1CCCN1CCN(C)CC1. The molecule has 0 aliphatic carbocycles. The lowest BCUT2D eigenvalue weighted by atomic mass is 10.1. The van der Waals surface area contributed by atoms with Crippen LogP contribution < -0.4 is 14.2 Å². The lowest BCUT2D eigenvalue weighted by Gasteiger charge is -2.32. The Morgan fingerprint density at radius 3 is 2.05 bits per heavy atom. The van der Waals surface area contributed by atoms with E-state index in [1.54, 1.807) is 21.3 Å². The number of hydrogen-bond donors (Lipinski definition) is 0. The van der Waals surface area contributed by atoms with Gasteiger partial charge in [0.2, 0.25) is 0 Å². The number of methoxy groups -OCH3 is 3. The molecule has 124 valence electrons. The Labute approximate surface area is 133 Å². The van der Waals surface area contributed by atoms with Crippen molar-refractivity contribution in [2.45, 2.75) is 12.8 Å². The van der Waals surface area contributed by atoms with Crippen molar-refractivity contribution in [1.82, 2.24) is 9.80 Å². The molecule has 0 amide bonds. The summed E-state index contributed by atoms with van der Waals surface area (Å²) in [5.74, 6) is 2.34. The van der Waals surface area contributed by atoms with Gasteiger partial charge in [0.05, 0.1) is 21.3 Å². The Kier molecular flexibility index (Phi) is 6.34. The zero-order valence-corrected chi connectivity index (χ0v) is 14.2. The quantitative estimate of drug-likeness (QED) is 0.768. The van der Waals surface area contributed by atoms with Gasteiger partial charge in [-0.3, -0.25) is 0 Å². The Morgan fingerprint density at radius 1 is 0.864 bits per heavy atom. The highest BCUT2D eigenvalue weighted by molar-refractivity contribution is 5.50. The van der Waals surface area contributed by atoms with E-state index in [9.17, 15) is 0 Å². The van der Waals surface area contributed by atoms with Crippen molar-refractivity contribution >= 4 is 0 Å². The predicted molar refractivity (Wildman–Crippen MR) is 88.4 cm³/mol. The van der Waals surface area contributed by atoms with Crippen LogP contribution in [0, 0.1) is 0 Å². The van der Waals surface area contributed by atoms with Gasteiger partial charge in [0.1, 0.15) is 5.75 Å². The molecular formula is C17H28N2O3. The van der Waals surface area contributed by atoms with Crippen molar-refractivity contribution in [1.29, 1.82) is 0 Å². The van der Waals surface area contributed by atoms with Gasteiger partial charge < -0.3 is 24.0 Å². The predicted octanol–water partition coefficient (Wildman–Crippen LogP) is 1.89. The van der Waals surface area contributed by atoms with E-state index >= 15 is 0 Å². The van der Waals surface area contributed by atoms with Gasteiger partial charge >= 0.3 is 0 Å². The summed E-state index contributed by atoms with van der Waals surface area (Å²) in [6.45, 7) is 5.80. The van der Waals surface area contributed by atoms with E-state index < -0.39 is 0 Å². The van der Waals surface area contributed by atoms with Gasteiger partial charge in [-0.1, -0.05) is 0 Å². The van der Waals surface area contributed by atoms with Crippen LogP contribution in [0.4, 0.5) is 0 Å². The number of aryl methyl sites for hydroxylation is 1. The fourth-order valence-electron chi connectivity index (χ4n) is 2.85. The fraction of sp³-hybridized carbons (Fsp3) is 0.647. The molecule has 1 aliphatic rings. The average Bonchev–Trinajstić information content (AvgIpc) is 2.56. The summed E-state index contributed by atoms with van der Waals surface area (Å²) in [5, 5.41) is 0. The van der Waals surface area contributed by atoms with Gasteiger partial charge in [-0.25, -0.2) is 0 Å². The van der Waals surface area contributed by atoms with E-state index in [1.807, 2.05) is 12.1 Å². The van der Waals surface area contributed by atoms with Gasteiger partial charge in [0, 0.05) is 32.2 Å². The monoisotopic (exact) mass is 308 g/mol. The van der Waals surface area contributed by atoms with Gasteiger partial charge in [0.25, 0.3) is 0 Å². The Balaban J connectivity index is 1.94. The Hall–Kier alpha value is -1.46. The highest BCUT2D eigenvalue weighted by Crippen LogP contribution is 2.35. The van der Waals surface area contributed by atoms with Crippen LogP contribution in [0.1, 0.15) is 12.0 Å². The number of hydrogen-bond acceptors (Lipinski definition) is 5. The van der Waals surface area contributed by atoms with Crippen molar-refractivity contribution in [3.05, 3.63) is 17.7 Å². The normalized spacial score (nSPS) is 16.5. The minimum atomic E-state index is 0.710. The molecule has 0 atom stereocenters. The van der Waals surface area contributed by atoms with Gasteiger partial charge in [-0.2, -0.15) is 0 Å². The topological polar surface area (TPSA) is 34.2 Å². The number of ether oxygens (including phenoxy) is 3. The molecule has 1 aromatic carbocycles. The first-order chi connectivity index (χ1) is 10.7. The van der Waals surface area contributed by atoms with Crippen molar-refractivity contribution in [3.63, 3.8) is 0 Å². The Morgan fingerprint density at radius 2 is 1.45 bits per heavy atom. The number of piperazine rings is 1. The summed E-state index contributed by atoms with van der Waals surface area (Å²) in [7, 11) is 7.19. The maximum Gasteiger partial charge on any atom is 0.164 e. The number of likely N-dealkylation sites (N-methyl/N-ethyl adjacent to an activating group) is 1. The molecule has 0 N–H and O–H groups in total. The molecule has 0 unspecified atom stereocenters. The summed E-state index contributed by atoms with van der Waals surface area (Å²) in [6, 6.07) is 3.94. The standard InChI is InChI=1S/C17H28N2O3/c1-18-8-10-19(11-9-18)7-5-6-14-12-16(21-3)17(22-4)13-15(14)20-2/h12-13H,5-11H2,1-4H3. The molecule has 2 rings (SSSR count). The maximum atomic E-state index is 5.49. The molecule has 0 spiro atoms. The van der Waals surface area contributed by atoms with Crippen molar-refractivity contribution in [3.8, 4) is 17.2 Å². The lowest BCUT2D eigenvalue weighted by molar-refractivity contribution is 0.153. The second-order valence-electron chi connectivity index (χ2n) is 5.77. The molecule has 1 aliphatic heterocycles. The van der Waals surface area contributed by atoms with E-state index in [0.29, 0.717) is 5.75 Å². The van der Waals surface area contributed by atoms with E-state index in [-0.39, 0.29) is 0 Å². The first-order valence-electron chi connectivity index (χ1n) is 7.87. The van der Waals surface area contributed by atoms with Crippen LogP contribution in [-0.4, -0.2) is 70.9 Å². The van der Waals surface area contributed by atoms with Crippen molar-refractivity contribution < 1.29 is 14.2 Å². The van der Waals surface area contributed by atoms with E-state index in [4.69, 9.17) is 14.2 Å². The summed E-state index contributed by atoms with van der Waals surface area (Å²) in [4.78, 5) is 4.92. The second kappa shape index (κ2) is 8.25. The largest absolute Gasteiger partial charge is 0.496 e. The van der Waals surface area contributed by atoms with Gasteiger partial charge in [0.15, 0.2) is 11.5 Å². The van der Waals surface area contributed by atoms with E-state index in [1.165, 1.54) is 31.7 Å². The maximum absolute atomic E-state index is 5.49. The highest BCUT2D eigenvalue weighted by atomic mass is 16.5. The minimum Gasteiger partial charge on any atom is -0.496 e. The molecule has 0 radical (unpaired) electrons. The third kappa shape index (κ3) is 4.27. The summed E-state index contributed by atoms with van der Waals surface area (Å²) >= 11 is 0. The van der Waals surface area contributed by atoms with E-state index in [2.05, 4.69) is 16.8 Å². The smallest absolute Gasteiger partial charge is 0.164 e. The van der Waals surface area contributed by atoms with Crippen molar-refractivity contribution in [2.24, 2.45) is 0 Å². The molecule has 1 heterocycles. The molecule has 5 heteroatoms. The minimum absolute atomic E-state index is 0.710. The molecule has 22 heavy (non-hydrogen) atoms. The highest BCUT2D eigenvalue weighted by Gasteiger charge is 2.15. The Bertz CT molecular complexity index is 471. The third-order valence-corrected chi connectivity index (χ3v) is 4.30. The number of rotatable bonds is 7. The van der Waals surface area contributed by atoms with Crippen LogP contribution in [0.15, 0.2) is 12.1 Å². The number of benzene rings is 1. The third-order valence-electron chi connectivity index (χ3n) is 4.30. The van der Waals surface area contributed by atoms with Gasteiger partial charge in [-0.15, -0.1) is 0 Å². The first kappa shape index (κ1) is 16.9. The van der Waals surface area contributed by atoms with Crippen LogP contribution in [0.3, 0.4) is 0 Å². The lowest BCUT2D eigenvalue weighted by Crippen LogP contribution is -2.44. The summed E-state index contributed by atoms with van der Waals surface area (Å²) in [6.07, 6.45) is 2.10. The first-order valence-corrected chi connectivity index (χ1v) is 7.87. The molecule has 1 fully saturated rings. The number of nitrogens with zero attached hydrogens (tertiary/aromatic N) is 2. The second-order valence-corrected chi connectivity index (χ2v) is 5.77. The van der Waals surface area contributed by atoms with Crippen LogP contribution in [0.2, 0.25) is 0 Å². The zero-order chi connectivity index (χ0) is 15.9. The van der Waals surface area contributed by atoms with Gasteiger partial charge in [-0.05, 0) is 38.1 Å². The van der Waals surface area contributed by atoms with Crippen molar-refractivity contribution in [2.75, 3.05) is 61.1 Å².